The van der Waals surface area contributed by atoms with E-state index in [-0.39, 0.29) is 5.91 Å². The Kier molecular flexibility index (Phi) is 4.20. The Morgan fingerprint density at radius 2 is 2.35 bits per heavy atom. The minimum Gasteiger partial charge on any atom is -0.468 e. The van der Waals surface area contributed by atoms with Crippen LogP contribution in [0, 0.1) is 6.92 Å². The summed E-state index contributed by atoms with van der Waals surface area (Å²) < 4.78 is 5.31. The van der Waals surface area contributed by atoms with Crippen LogP contribution in [0.1, 0.15) is 37.0 Å². The highest BCUT2D eigenvalue weighted by Gasteiger charge is 2.22. The van der Waals surface area contributed by atoms with Crippen LogP contribution < -0.4 is 10.6 Å². The van der Waals surface area contributed by atoms with Crippen LogP contribution in [0.15, 0.2) is 16.7 Å². The SMILES string of the molecule is Cc1ccoc1CNCCCC(=O)NC1CC1. The van der Waals surface area contributed by atoms with Gasteiger partial charge in [-0.05, 0) is 44.4 Å². The summed E-state index contributed by atoms with van der Waals surface area (Å²) in [5.41, 5.74) is 1.17. The highest BCUT2D eigenvalue weighted by molar-refractivity contribution is 5.76. The molecule has 1 amide bonds. The molecule has 0 aromatic carbocycles. The van der Waals surface area contributed by atoms with E-state index in [2.05, 4.69) is 10.6 Å². The van der Waals surface area contributed by atoms with Gasteiger partial charge < -0.3 is 15.1 Å². The zero-order valence-corrected chi connectivity index (χ0v) is 10.3. The number of hydrogen-bond donors (Lipinski definition) is 2. The summed E-state index contributed by atoms with van der Waals surface area (Å²) >= 11 is 0. The molecule has 0 saturated heterocycles. The molecule has 1 saturated carbocycles. The van der Waals surface area contributed by atoms with Crippen molar-refractivity contribution in [3.8, 4) is 0 Å². The highest BCUT2D eigenvalue weighted by Crippen LogP contribution is 2.18. The van der Waals surface area contributed by atoms with Crippen LogP contribution in [-0.2, 0) is 11.3 Å². The maximum atomic E-state index is 11.4. The van der Waals surface area contributed by atoms with Crippen molar-refractivity contribution in [1.82, 2.24) is 10.6 Å². The van der Waals surface area contributed by atoms with Gasteiger partial charge in [0, 0.05) is 12.5 Å². The third-order valence-electron chi connectivity index (χ3n) is 2.95. The maximum Gasteiger partial charge on any atom is 0.220 e. The minimum absolute atomic E-state index is 0.184. The van der Waals surface area contributed by atoms with Crippen molar-refractivity contribution in [3.63, 3.8) is 0 Å². The van der Waals surface area contributed by atoms with Gasteiger partial charge >= 0.3 is 0 Å². The van der Waals surface area contributed by atoms with Crippen molar-refractivity contribution in [2.45, 2.75) is 45.2 Å². The maximum absolute atomic E-state index is 11.4. The third kappa shape index (κ3) is 4.23. The van der Waals surface area contributed by atoms with Gasteiger partial charge in [0.1, 0.15) is 5.76 Å². The van der Waals surface area contributed by atoms with Crippen molar-refractivity contribution in [3.05, 3.63) is 23.7 Å². The predicted molar refractivity (Wildman–Crippen MR) is 65.6 cm³/mol. The number of amides is 1. The Balaban J connectivity index is 1.51. The fourth-order valence-corrected chi connectivity index (χ4v) is 1.69. The number of aryl methyl sites for hydroxylation is 1. The van der Waals surface area contributed by atoms with Crippen LogP contribution >= 0.6 is 0 Å². The lowest BCUT2D eigenvalue weighted by Gasteiger charge is -2.04. The van der Waals surface area contributed by atoms with Crippen LogP contribution in [0.5, 0.6) is 0 Å². The molecular formula is C13H20N2O2. The molecule has 0 radical (unpaired) electrons. The van der Waals surface area contributed by atoms with Crippen LogP contribution in [-0.4, -0.2) is 18.5 Å². The summed E-state index contributed by atoms with van der Waals surface area (Å²) in [6.45, 7) is 3.62. The number of rotatable bonds is 7. The summed E-state index contributed by atoms with van der Waals surface area (Å²) in [7, 11) is 0. The standard InChI is InChI=1S/C13H20N2O2/c1-10-6-8-17-12(10)9-14-7-2-3-13(16)15-11-4-5-11/h6,8,11,14H,2-5,7,9H2,1H3,(H,15,16). The van der Waals surface area contributed by atoms with E-state index in [0.29, 0.717) is 12.5 Å². The van der Waals surface area contributed by atoms with E-state index in [1.54, 1.807) is 6.26 Å². The van der Waals surface area contributed by atoms with Gasteiger partial charge in [-0.15, -0.1) is 0 Å². The zero-order chi connectivity index (χ0) is 12.1. The minimum atomic E-state index is 0.184. The molecule has 2 rings (SSSR count). The summed E-state index contributed by atoms with van der Waals surface area (Å²) in [5, 5.41) is 6.26. The Hall–Kier alpha value is -1.29. The van der Waals surface area contributed by atoms with E-state index in [0.717, 1.165) is 38.1 Å². The molecule has 1 fully saturated rings. The number of carbonyl (C=O) groups is 1. The average molecular weight is 236 g/mol. The molecule has 4 nitrogen and oxygen atoms in total. The van der Waals surface area contributed by atoms with Gasteiger partial charge in [0.2, 0.25) is 5.91 Å². The second-order valence-corrected chi connectivity index (χ2v) is 4.65. The van der Waals surface area contributed by atoms with E-state index in [1.807, 2.05) is 13.0 Å². The molecule has 2 N–H and O–H groups in total. The molecule has 4 heteroatoms. The molecule has 0 atom stereocenters. The number of furan rings is 1. The van der Waals surface area contributed by atoms with Crippen LogP contribution in [0.2, 0.25) is 0 Å². The summed E-state index contributed by atoms with van der Waals surface area (Å²) in [5.74, 6) is 1.16. The highest BCUT2D eigenvalue weighted by atomic mass is 16.3. The van der Waals surface area contributed by atoms with Crippen molar-refractivity contribution in [2.75, 3.05) is 6.54 Å². The summed E-state index contributed by atoms with van der Waals surface area (Å²) in [4.78, 5) is 11.4. The fraction of sp³-hybridized carbons (Fsp3) is 0.615. The van der Waals surface area contributed by atoms with Gasteiger partial charge in [-0.2, -0.15) is 0 Å². The molecule has 1 aliphatic rings. The largest absolute Gasteiger partial charge is 0.468 e. The number of carbonyl (C=O) groups excluding carboxylic acids is 1. The monoisotopic (exact) mass is 236 g/mol. The van der Waals surface area contributed by atoms with Crippen molar-refractivity contribution < 1.29 is 9.21 Å². The molecule has 94 valence electrons. The third-order valence-corrected chi connectivity index (χ3v) is 2.95. The van der Waals surface area contributed by atoms with Crippen LogP contribution in [0.25, 0.3) is 0 Å². The Bertz CT molecular complexity index is 369. The lowest BCUT2D eigenvalue weighted by Crippen LogP contribution is -2.26. The summed E-state index contributed by atoms with van der Waals surface area (Å²) in [6.07, 6.45) is 5.50. The molecule has 1 aromatic heterocycles. The number of nitrogens with one attached hydrogen (secondary N) is 2. The molecule has 0 aliphatic heterocycles. The van der Waals surface area contributed by atoms with E-state index in [9.17, 15) is 4.79 Å². The first kappa shape index (κ1) is 12.2. The van der Waals surface area contributed by atoms with Gasteiger partial charge in [-0.25, -0.2) is 0 Å². The predicted octanol–water partition coefficient (Wildman–Crippen LogP) is 1.74. The summed E-state index contributed by atoms with van der Waals surface area (Å²) in [6, 6.07) is 2.43. The van der Waals surface area contributed by atoms with Gasteiger partial charge in [-0.1, -0.05) is 0 Å². The van der Waals surface area contributed by atoms with Crippen LogP contribution in [0.4, 0.5) is 0 Å². The van der Waals surface area contributed by atoms with Gasteiger partial charge in [0.15, 0.2) is 0 Å². The smallest absolute Gasteiger partial charge is 0.220 e. The first-order valence-electron chi connectivity index (χ1n) is 6.29. The van der Waals surface area contributed by atoms with E-state index >= 15 is 0 Å². The zero-order valence-electron chi connectivity index (χ0n) is 10.3. The molecule has 0 unspecified atom stereocenters. The first-order valence-corrected chi connectivity index (χ1v) is 6.29. The molecule has 0 bridgehead atoms. The molecule has 1 aliphatic carbocycles. The molecule has 1 aromatic rings. The topological polar surface area (TPSA) is 54.3 Å². The Morgan fingerprint density at radius 1 is 1.53 bits per heavy atom. The van der Waals surface area contributed by atoms with Crippen molar-refractivity contribution >= 4 is 5.91 Å². The van der Waals surface area contributed by atoms with Crippen molar-refractivity contribution in [1.29, 1.82) is 0 Å². The van der Waals surface area contributed by atoms with E-state index in [4.69, 9.17) is 4.42 Å². The molecule has 17 heavy (non-hydrogen) atoms. The molecule has 0 spiro atoms. The lowest BCUT2D eigenvalue weighted by molar-refractivity contribution is -0.121. The van der Waals surface area contributed by atoms with Crippen molar-refractivity contribution in [2.24, 2.45) is 0 Å². The molecular weight excluding hydrogens is 216 g/mol. The van der Waals surface area contributed by atoms with Gasteiger partial charge in [-0.3, -0.25) is 4.79 Å². The second-order valence-electron chi connectivity index (χ2n) is 4.65. The Morgan fingerprint density at radius 3 is 3.00 bits per heavy atom. The Labute approximate surface area is 102 Å². The quantitative estimate of drug-likeness (QED) is 0.709. The molecule has 1 heterocycles. The van der Waals surface area contributed by atoms with E-state index < -0.39 is 0 Å². The van der Waals surface area contributed by atoms with Gasteiger partial charge in [0.05, 0.1) is 12.8 Å². The van der Waals surface area contributed by atoms with Crippen LogP contribution in [0.3, 0.4) is 0 Å². The lowest BCUT2D eigenvalue weighted by atomic mass is 10.2. The fourth-order valence-electron chi connectivity index (χ4n) is 1.69. The number of hydrogen-bond acceptors (Lipinski definition) is 3. The van der Waals surface area contributed by atoms with E-state index in [1.165, 1.54) is 5.56 Å². The second kappa shape index (κ2) is 5.87. The average Bonchev–Trinajstić information content (AvgIpc) is 3.01. The van der Waals surface area contributed by atoms with Gasteiger partial charge in [0.25, 0.3) is 0 Å². The normalized spacial score (nSPS) is 14.9. The first-order chi connectivity index (χ1) is 8.25.